The first-order valence-corrected chi connectivity index (χ1v) is 9.87. The third-order valence-electron chi connectivity index (χ3n) is 4.81. The predicted molar refractivity (Wildman–Crippen MR) is 115 cm³/mol. The Labute approximate surface area is 179 Å². The summed E-state index contributed by atoms with van der Waals surface area (Å²) in [5.41, 5.74) is 1.79. The van der Waals surface area contributed by atoms with Crippen molar-refractivity contribution >= 4 is 17.5 Å². The lowest BCUT2D eigenvalue weighted by molar-refractivity contribution is -0.118. The molecule has 7 heteroatoms. The molecule has 2 N–H and O–H groups in total. The van der Waals surface area contributed by atoms with Crippen molar-refractivity contribution < 1.29 is 23.8 Å². The fourth-order valence-electron chi connectivity index (χ4n) is 3.19. The summed E-state index contributed by atoms with van der Waals surface area (Å²) in [6, 6.07) is 21.4. The normalized spacial score (nSPS) is 12.7. The van der Waals surface area contributed by atoms with E-state index in [1.54, 1.807) is 42.5 Å². The number of amides is 2. The Morgan fingerprint density at radius 1 is 0.968 bits per heavy atom. The number of fused-ring (bicyclic) bond motifs is 1. The molecule has 0 aliphatic carbocycles. The zero-order valence-electron chi connectivity index (χ0n) is 17.0. The second kappa shape index (κ2) is 9.21. The van der Waals surface area contributed by atoms with E-state index < -0.39 is 0 Å². The van der Waals surface area contributed by atoms with Crippen molar-refractivity contribution in [1.82, 2.24) is 5.32 Å². The Morgan fingerprint density at radius 3 is 2.55 bits per heavy atom. The average Bonchev–Trinajstić information content (AvgIpc) is 3.26. The van der Waals surface area contributed by atoms with Gasteiger partial charge in [0.2, 0.25) is 6.79 Å². The van der Waals surface area contributed by atoms with Gasteiger partial charge in [0, 0.05) is 6.07 Å². The number of para-hydroxylation sites is 1. The molecule has 158 valence electrons. The molecule has 7 nitrogen and oxygen atoms in total. The van der Waals surface area contributed by atoms with Crippen LogP contribution < -0.4 is 24.8 Å². The van der Waals surface area contributed by atoms with E-state index in [4.69, 9.17) is 14.2 Å². The molecule has 0 spiro atoms. The van der Waals surface area contributed by atoms with E-state index in [1.165, 1.54) is 0 Å². The van der Waals surface area contributed by atoms with Crippen LogP contribution in [-0.4, -0.2) is 25.2 Å². The predicted octanol–water partition coefficient (Wildman–Crippen LogP) is 3.92. The Morgan fingerprint density at radius 2 is 1.71 bits per heavy atom. The first-order chi connectivity index (χ1) is 15.1. The summed E-state index contributed by atoms with van der Waals surface area (Å²) in [7, 11) is 0. The van der Waals surface area contributed by atoms with Gasteiger partial charge in [0.15, 0.2) is 18.1 Å². The number of anilines is 1. The van der Waals surface area contributed by atoms with E-state index in [1.807, 2.05) is 37.3 Å². The molecule has 31 heavy (non-hydrogen) atoms. The van der Waals surface area contributed by atoms with Gasteiger partial charge in [-0.3, -0.25) is 9.59 Å². The first-order valence-electron chi connectivity index (χ1n) is 9.87. The molecule has 1 atom stereocenters. The zero-order chi connectivity index (χ0) is 21.6. The SMILES string of the molecule is C[C@H](NC(=O)c1ccccc1NC(=O)COc1ccc2c(c1)OCO2)c1ccccc1. The number of ether oxygens (including phenoxy) is 3. The van der Waals surface area contributed by atoms with E-state index in [-0.39, 0.29) is 31.3 Å². The summed E-state index contributed by atoms with van der Waals surface area (Å²) in [6.45, 7) is 1.87. The summed E-state index contributed by atoms with van der Waals surface area (Å²) in [6.07, 6.45) is 0. The minimum Gasteiger partial charge on any atom is -0.484 e. The maximum atomic E-state index is 12.8. The summed E-state index contributed by atoms with van der Waals surface area (Å²) >= 11 is 0. The van der Waals surface area contributed by atoms with Crippen LogP contribution in [0.1, 0.15) is 28.9 Å². The van der Waals surface area contributed by atoms with Crippen molar-refractivity contribution in [3.63, 3.8) is 0 Å². The molecule has 2 amide bonds. The molecule has 0 fully saturated rings. The third-order valence-corrected chi connectivity index (χ3v) is 4.81. The Kier molecular flexibility index (Phi) is 6.03. The second-order valence-corrected chi connectivity index (χ2v) is 7.00. The van der Waals surface area contributed by atoms with Gasteiger partial charge in [-0.05, 0) is 36.8 Å². The molecule has 0 saturated heterocycles. The van der Waals surface area contributed by atoms with E-state index in [0.29, 0.717) is 28.5 Å². The van der Waals surface area contributed by atoms with Crippen LogP contribution >= 0.6 is 0 Å². The fourth-order valence-corrected chi connectivity index (χ4v) is 3.19. The highest BCUT2D eigenvalue weighted by atomic mass is 16.7. The molecule has 1 aliphatic heterocycles. The van der Waals surface area contributed by atoms with E-state index in [2.05, 4.69) is 10.6 Å². The second-order valence-electron chi connectivity index (χ2n) is 7.00. The Hall–Kier alpha value is -4.00. The number of benzene rings is 3. The number of hydrogen-bond donors (Lipinski definition) is 2. The lowest BCUT2D eigenvalue weighted by Gasteiger charge is -2.16. The lowest BCUT2D eigenvalue weighted by atomic mass is 10.1. The molecule has 3 aromatic carbocycles. The molecular weight excluding hydrogens is 396 g/mol. The van der Waals surface area contributed by atoms with Crippen molar-refractivity contribution in [2.45, 2.75) is 13.0 Å². The highest BCUT2D eigenvalue weighted by molar-refractivity contribution is 6.04. The molecule has 0 bridgehead atoms. The third kappa shape index (κ3) is 4.95. The fraction of sp³-hybridized carbons (Fsp3) is 0.167. The minimum atomic E-state index is -0.381. The molecule has 0 saturated carbocycles. The molecule has 1 heterocycles. The Balaban J connectivity index is 1.37. The summed E-state index contributed by atoms with van der Waals surface area (Å²) < 4.78 is 16.1. The summed E-state index contributed by atoms with van der Waals surface area (Å²) in [4.78, 5) is 25.2. The van der Waals surface area contributed by atoms with Gasteiger partial charge < -0.3 is 24.8 Å². The van der Waals surface area contributed by atoms with Crippen LogP contribution in [0.15, 0.2) is 72.8 Å². The number of carbonyl (C=O) groups excluding carboxylic acids is 2. The number of carbonyl (C=O) groups is 2. The van der Waals surface area contributed by atoms with Crippen LogP contribution in [0.5, 0.6) is 17.2 Å². The minimum absolute atomic E-state index is 0.168. The van der Waals surface area contributed by atoms with Crippen molar-refractivity contribution in [3.8, 4) is 17.2 Å². The highest BCUT2D eigenvalue weighted by Crippen LogP contribution is 2.35. The van der Waals surface area contributed by atoms with Crippen LogP contribution in [0.2, 0.25) is 0 Å². The quantitative estimate of drug-likeness (QED) is 0.607. The molecule has 0 unspecified atom stereocenters. The summed E-state index contributed by atoms with van der Waals surface area (Å²) in [5, 5.41) is 5.71. The van der Waals surface area contributed by atoms with Gasteiger partial charge in [0.25, 0.3) is 11.8 Å². The number of hydrogen-bond acceptors (Lipinski definition) is 5. The molecular formula is C24H22N2O5. The molecule has 3 aromatic rings. The van der Waals surface area contributed by atoms with Gasteiger partial charge in [-0.1, -0.05) is 42.5 Å². The number of nitrogens with one attached hydrogen (secondary N) is 2. The summed E-state index contributed by atoms with van der Waals surface area (Å²) in [5.74, 6) is 1.05. The van der Waals surface area contributed by atoms with Crippen molar-refractivity contribution in [2.24, 2.45) is 0 Å². The van der Waals surface area contributed by atoms with Crippen LogP contribution in [0.25, 0.3) is 0 Å². The Bertz CT molecular complexity index is 1080. The van der Waals surface area contributed by atoms with Gasteiger partial charge in [0.1, 0.15) is 5.75 Å². The van der Waals surface area contributed by atoms with Gasteiger partial charge in [-0.15, -0.1) is 0 Å². The lowest BCUT2D eigenvalue weighted by Crippen LogP contribution is -2.28. The molecule has 4 rings (SSSR count). The zero-order valence-corrected chi connectivity index (χ0v) is 17.0. The largest absolute Gasteiger partial charge is 0.484 e. The van der Waals surface area contributed by atoms with Gasteiger partial charge in [0.05, 0.1) is 17.3 Å². The van der Waals surface area contributed by atoms with Crippen LogP contribution in [-0.2, 0) is 4.79 Å². The number of rotatable bonds is 7. The average molecular weight is 418 g/mol. The van der Waals surface area contributed by atoms with Crippen molar-refractivity contribution in [2.75, 3.05) is 18.7 Å². The standard InChI is InChI=1S/C24H22N2O5/c1-16(17-7-3-2-4-8-17)25-24(28)19-9-5-6-10-20(19)26-23(27)14-29-18-11-12-21-22(13-18)31-15-30-21/h2-13,16H,14-15H2,1H3,(H,25,28)(H,26,27)/t16-/m0/s1. The first kappa shape index (κ1) is 20.3. The smallest absolute Gasteiger partial charge is 0.262 e. The van der Waals surface area contributed by atoms with Crippen LogP contribution in [0.4, 0.5) is 5.69 Å². The van der Waals surface area contributed by atoms with Crippen molar-refractivity contribution in [3.05, 3.63) is 83.9 Å². The van der Waals surface area contributed by atoms with E-state index in [0.717, 1.165) is 5.56 Å². The van der Waals surface area contributed by atoms with Crippen LogP contribution in [0.3, 0.4) is 0 Å². The molecule has 1 aliphatic rings. The van der Waals surface area contributed by atoms with E-state index in [9.17, 15) is 9.59 Å². The monoisotopic (exact) mass is 418 g/mol. The van der Waals surface area contributed by atoms with Crippen molar-refractivity contribution in [1.29, 1.82) is 0 Å². The van der Waals surface area contributed by atoms with Gasteiger partial charge >= 0.3 is 0 Å². The maximum absolute atomic E-state index is 12.8. The van der Waals surface area contributed by atoms with Gasteiger partial charge in [-0.25, -0.2) is 0 Å². The topological polar surface area (TPSA) is 85.9 Å². The molecule has 0 radical (unpaired) electrons. The van der Waals surface area contributed by atoms with Gasteiger partial charge in [-0.2, -0.15) is 0 Å². The van der Waals surface area contributed by atoms with E-state index >= 15 is 0 Å². The molecule has 0 aromatic heterocycles. The maximum Gasteiger partial charge on any atom is 0.262 e. The van der Waals surface area contributed by atoms with Crippen LogP contribution in [0, 0.1) is 0 Å². The highest BCUT2D eigenvalue weighted by Gasteiger charge is 2.17.